The molecule has 2 N–H and O–H groups in total. The van der Waals surface area contributed by atoms with Crippen molar-refractivity contribution >= 4 is 5.97 Å². The lowest BCUT2D eigenvalue weighted by molar-refractivity contribution is -0.144. The number of ether oxygens (including phenoxy) is 1. The largest absolute Gasteiger partial charge is 0.462 e. The molecule has 0 aliphatic rings. The van der Waals surface area contributed by atoms with Crippen LogP contribution in [0.15, 0.2) is 0 Å². The van der Waals surface area contributed by atoms with Crippen LogP contribution in [0.4, 0.5) is 4.39 Å². The molecule has 0 aromatic rings. The van der Waals surface area contributed by atoms with Gasteiger partial charge < -0.3 is 10.5 Å². The summed E-state index contributed by atoms with van der Waals surface area (Å²) in [6.07, 6.45) is 0. The zero-order chi connectivity index (χ0) is 6.41. The van der Waals surface area contributed by atoms with Crippen LogP contribution in [0, 0.1) is 0 Å². The quantitative estimate of drug-likeness (QED) is 0.510. The summed E-state index contributed by atoms with van der Waals surface area (Å²) >= 11 is 0. The van der Waals surface area contributed by atoms with E-state index in [1.807, 2.05) is 0 Å². The second-order valence-corrected chi connectivity index (χ2v) is 1.14. The Morgan fingerprint density at radius 1 is 1.75 bits per heavy atom. The minimum Gasteiger partial charge on any atom is -0.462 e. The molecule has 0 atom stereocenters. The number of hydrogen-bond acceptors (Lipinski definition) is 3. The number of esters is 1. The lowest BCUT2D eigenvalue weighted by Crippen LogP contribution is -2.14. The molecule has 0 saturated heterocycles. The zero-order valence-corrected chi connectivity index (χ0v) is 4.39. The van der Waals surface area contributed by atoms with Gasteiger partial charge in [0, 0.05) is 6.54 Å². The van der Waals surface area contributed by atoms with Gasteiger partial charge in [-0.05, 0) is 0 Å². The number of rotatable bonds is 3. The standard InChI is InChI=1S/C4H8FNO2/c5-3-4(7)8-2-1-6/h1-3,6H2. The predicted molar refractivity (Wildman–Crippen MR) is 26.0 cm³/mol. The summed E-state index contributed by atoms with van der Waals surface area (Å²) in [6, 6.07) is 0. The van der Waals surface area contributed by atoms with Crippen molar-refractivity contribution in [2.75, 3.05) is 19.8 Å². The number of carbonyl (C=O) groups is 1. The molecule has 0 fully saturated rings. The third-order valence-corrected chi connectivity index (χ3v) is 0.490. The van der Waals surface area contributed by atoms with Gasteiger partial charge in [-0.1, -0.05) is 0 Å². The second kappa shape index (κ2) is 4.52. The molecule has 0 spiro atoms. The number of hydrogen-bond donors (Lipinski definition) is 1. The molecule has 0 aliphatic carbocycles. The average molecular weight is 121 g/mol. The first-order chi connectivity index (χ1) is 3.81. The van der Waals surface area contributed by atoms with Crippen molar-refractivity contribution in [2.24, 2.45) is 5.73 Å². The molecule has 0 heterocycles. The summed E-state index contributed by atoms with van der Waals surface area (Å²) in [7, 11) is 0. The molecular weight excluding hydrogens is 113 g/mol. The van der Waals surface area contributed by atoms with Crippen LogP contribution >= 0.6 is 0 Å². The van der Waals surface area contributed by atoms with E-state index < -0.39 is 12.6 Å². The van der Waals surface area contributed by atoms with Crippen LogP contribution in [0.3, 0.4) is 0 Å². The molecule has 0 aromatic heterocycles. The van der Waals surface area contributed by atoms with Crippen LogP contribution in [0.2, 0.25) is 0 Å². The van der Waals surface area contributed by atoms with E-state index in [1.165, 1.54) is 0 Å². The summed E-state index contributed by atoms with van der Waals surface area (Å²) in [4.78, 5) is 9.92. The van der Waals surface area contributed by atoms with E-state index in [-0.39, 0.29) is 13.2 Å². The lowest BCUT2D eigenvalue weighted by Gasteiger charge is -1.95. The topological polar surface area (TPSA) is 52.3 Å². The minimum absolute atomic E-state index is 0.1000. The normalized spacial score (nSPS) is 8.75. The van der Waals surface area contributed by atoms with Gasteiger partial charge in [0.1, 0.15) is 6.61 Å². The molecule has 0 aromatic carbocycles. The Morgan fingerprint density at radius 2 is 2.38 bits per heavy atom. The molecule has 48 valence electrons. The van der Waals surface area contributed by atoms with E-state index in [9.17, 15) is 9.18 Å². The van der Waals surface area contributed by atoms with Crippen LogP contribution in [-0.4, -0.2) is 25.8 Å². The summed E-state index contributed by atoms with van der Waals surface area (Å²) in [5.74, 6) is -0.851. The van der Waals surface area contributed by atoms with Crippen LogP contribution in [0.5, 0.6) is 0 Å². The molecule has 0 saturated carbocycles. The molecule has 8 heavy (non-hydrogen) atoms. The highest BCUT2D eigenvalue weighted by molar-refractivity contribution is 5.70. The van der Waals surface area contributed by atoms with Crippen molar-refractivity contribution in [3.8, 4) is 0 Å². The van der Waals surface area contributed by atoms with E-state index >= 15 is 0 Å². The molecule has 0 aliphatic heterocycles. The van der Waals surface area contributed by atoms with Gasteiger partial charge in [0.2, 0.25) is 0 Å². The zero-order valence-electron chi connectivity index (χ0n) is 4.39. The maximum atomic E-state index is 11.2. The molecule has 3 nitrogen and oxygen atoms in total. The molecule has 0 amide bonds. The van der Waals surface area contributed by atoms with Gasteiger partial charge in [0.15, 0.2) is 6.67 Å². The minimum atomic E-state index is -1.07. The predicted octanol–water partition coefficient (Wildman–Crippen LogP) is -0.542. The molecular formula is C4H8FNO2. The van der Waals surface area contributed by atoms with E-state index in [2.05, 4.69) is 4.74 Å². The van der Waals surface area contributed by atoms with Gasteiger partial charge in [0.25, 0.3) is 0 Å². The Kier molecular flexibility index (Phi) is 4.16. The van der Waals surface area contributed by atoms with Crippen LogP contribution in [0.1, 0.15) is 0 Å². The average Bonchev–Trinajstić information content (AvgIpc) is 1.83. The Bertz CT molecular complexity index is 76.4. The SMILES string of the molecule is NCCOC(=O)CF. The van der Waals surface area contributed by atoms with Gasteiger partial charge in [0.05, 0.1) is 0 Å². The number of alkyl halides is 1. The Labute approximate surface area is 46.6 Å². The van der Waals surface area contributed by atoms with Gasteiger partial charge in [-0.25, -0.2) is 9.18 Å². The number of carbonyl (C=O) groups excluding carboxylic acids is 1. The first kappa shape index (κ1) is 7.36. The number of halogens is 1. The van der Waals surface area contributed by atoms with Crippen LogP contribution in [-0.2, 0) is 9.53 Å². The van der Waals surface area contributed by atoms with Crippen LogP contribution < -0.4 is 5.73 Å². The van der Waals surface area contributed by atoms with E-state index in [1.54, 1.807) is 0 Å². The maximum Gasteiger partial charge on any atom is 0.337 e. The Morgan fingerprint density at radius 3 is 2.75 bits per heavy atom. The first-order valence-electron chi connectivity index (χ1n) is 2.23. The maximum absolute atomic E-state index is 11.2. The van der Waals surface area contributed by atoms with Crippen molar-refractivity contribution in [3.63, 3.8) is 0 Å². The number of nitrogens with two attached hydrogens (primary N) is 1. The van der Waals surface area contributed by atoms with Gasteiger partial charge >= 0.3 is 5.97 Å². The summed E-state index contributed by atoms with van der Waals surface area (Å²) in [6.45, 7) is -0.728. The summed E-state index contributed by atoms with van der Waals surface area (Å²) in [5.41, 5.74) is 4.93. The van der Waals surface area contributed by atoms with Crippen LogP contribution in [0.25, 0.3) is 0 Å². The fourth-order valence-corrected chi connectivity index (χ4v) is 0.211. The highest BCUT2D eigenvalue weighted by atomic mass is 19.1. The lowest BCUT2D eigenvalue weighted by atomic mass is 10.7. The molecule has 0 unspecified atom stereocenters. The molecule has 0 bridgehead atoms. The third kappa shape index (κ3) is 3.55. The highest BCUT2D eigenvalue weighted by Gasteiger charge is 1.96. The van der Waals surface area contributed by atoms with Crippen molar-refractivity contribution in [3.05, 3.63) is 0 Å². The monoisotopic (exact) mass is 121 g/mol. The van der Waals surface area contributed by atoms with Crippen molar-refractivity contribution in [2.45, 2.75) is 0 Å². The summed E-state index contributed by atoms with van der Waals surface area (Å²) < 4.78 is 15.4. The second-order valence-electron chi connectivity index (χ2n) is 1.14. The fraction of sp³-hybridized carbons (Fsp3) is 0.750. The highest BCUT2D eigenvalue weighted by Crippen LogP contribution is 1.76. The first-order valence-corrected chi connectivity index (χ1v) is 2.23. The Balaban J connectivity index is 2.99. The van der Waals surface area contributed by atoms with Gasteiger partial charge in [-0.15, -0.1) is 0 Å². The fourth-order valence-electron chi connectivity index (χ4n) is 0.211. The molecule has 0 radical (unpaired) electrons. The van der Waals surface area contributed by atoms with Gasteiger partial charge in [-0.3, -0.25) is 0 Å². The molecule has 4 heteroatoms. The molecule has 0 rings (SSSR count). The van der Waals surface area contributed by atoms with Crippen molar-refractivity contribution < 1.29 is 13.9 Å². The van der Waals surface area contributed by atoms with Crippen molar-refractivity contribution in [1.82, 2.24) is 0 Å². The smallest absolute Gasteiger partial charge is 0.337 e. The Hall–Kier alpha value is -0.640. The van der Waals surface area contributed by atoms with E-state index in [0.29, 0.717) is 0 Å². The van der Waals surface area contributed by atoms with E-state index in [0.717, 1.165) is 0 Å². The van der Waals surface area contributed by atoms with E-state index in [4.69, 9.17) is 5.73 Å². The van der Waals surface area contributed by atoms with Gasteiger partial charge in [-0.2, -0.15) is 0 Å². The third-order valence-electron chi connectivity index (χ3n) is 0.490. The summed E-state index contributed by atoms with van der Waals surface area (Å²) in [5, 5.41) is 0. The van der Waals surface area contributed by atoms with Crippen molar-refractivity contribution in [1.29, 1.82) is 0 Å².